The van der Waals surface area contributed by atoms with Crippen molar-refractivity contribution in [3.8, 4) is 0 Å². The lowest BCUT2D eigenvalue weighted by Gasteiger charge is -2.08. The molecule has 0 radical (unpaired) electrons. The van der Waals surface area contributed by atoms with Gasteiger partial charge >= 0.3 is 5.97 Å². The molecule has 1 heterocycles. The lowest BCUT2D eigenvalue weighted by atomic mass is 10.4. The molecule has 0 aliphatic heterocycles. The summed E-state index contributed by atoms with van der Waals surface area (Å²) in [4.78, 5) is 10.9. The molecular weight excluding hydrogens is 284 g/mol. The number of aromatic carboxylic acids is 1. The molecule has 7 nitrogen and oxygen atoms in total. The Hall–Kier alpha value is -1.38. The first-order chi connectivity index (χ1) is 9.27. The van der Waals surface area contributed by atoms with E-state index in [1.807, 2.05) is 13.8 Å². The highest BCUT2D eigenvalue weighted by atomic mass is 32.2. The molecule has 0 aliphatic rings. The summed E-state index contributed by atoms with van der Waals surface area (Å²) in [6, 6.07) is 1.15. The SMILES string of the molecule is CCn1cc(S(=O)(=O)NCCOC(C)C)cc1C(=O)O. The number of hydrogen-bond donors (Lipinski definition) is 2. The zero-order chi connectivity index (χ0) is 15.3. The van der Waals surface area contributed by atoms with E-state index in [1.54, 1.807) is 6.92 Å². The number of aryl methyl sites for hydroxylation is 1. The van der Waals surface area contributed by atoms with E-state index in [-0.39, 0.29) is 29.8 Å². The van der Waals surface area contributed by atoms with Gasteiger partial charge in [0.15, 0.2) is 0 Å². The predicted octanol–water partition coefficient (Wildman–Crippen LogP) is 0.909. The highest BCUT2D eigenvalue weighted by Crippen LogP contribution is 2.14. The fraction of sp³-hybridized carbons (Fsp3) is 0.583. The molecule has 0 saturated carbocycles. The van der Waals surface area contributed by atoms with Gasteiger partial charge in [0.2, 0.25) is 10.0 Å². The highest BCUT2D eigenvalue weighted by molar-refractivity contribution is 7.89. The van der Waals surface area contributed by atoms with Gasteiger partial charge in [-0.2, -0.15) is 0 Å². The van der Waals surface area contributed by atoms with E-state index < -0.39 is 16.0 Å². The van der Waals surface area contributed by atoms with Gasteiger partial charge in [-0.15, -0.1) is 0 Å². The van der Waals surface area contributed by atoms with Gasteiger partial charge in [0, 0.05) is 19.3 Å². The molecule has 20 heavy (non-hydrogen) atoms. The molecule has 2 N–H and O–H groups in total. The van der Waals surface area contributed by atoms with E-state index >= 15 is 0 Å². The molecule has 0 saturated heterocycles. The van der Waals surface area contributed by atoms with Gasteiger partial charge in [0.1, 0.15) is 10.6 Å². The number of nitrogens with one attached hydrogen (secondary N) is 1. The number of ether oxygens (including phenoxy) is 1. The molecule has 114 valence electrons. The zero-order valence-electron chi connectivity index (χ0n) is 11.8. The van der Waals surface area contributed by atoms with Gasteiger partial charge in [0.05, 0.1) is 12.7 Å². The minimum absolute atomic E-state index is 0.0271. The molecule has 1 rings (SSSR count). The van der Waals surface area contributed by atoms with Crippen molar-refractivity contribution < 1.29 is 23.1 Å². The van der Waals surface area contributed by atoms with Crippen LogP contribution < -0.4 is 4.72 Å². The Balaban J connectivity index is 2.80. The summed E-state index contributed by atoms with van der Waals surface area (Å²) < 4.78 is 33.0. The van der Waals surface area contributed by atoms with E-state index in [9.17, 15) is 13.2 Å². The average Bonchev–Trinajstić information content (AvgIpc) is 2.79. The largest absolute Gasteiger partial charge is 0.477 e. The number of sulfonamides is 1. The first-order valence-electron chi connectivity index (χ1n) is 6.32. The maximum Gasteiger partial charge on any atom is 0.352 e. The third kappa shape index (κ3) is 4.32. The van der Waals surface area contributed by atoms with Crippen LogP contribution in [0.2, 0.25) is 0 Å². The Morgan fingerprint density at radius 2 is 2.15 bits per heavy atom. The molecular formula is C12H20N2O5S. The summed E-state index contributed by atoms with van der Waals surface area (Å²) >= 11 is 0. The zero-order valence-corrected chi connectivity index (χ0v) is 12.6. The van der Waals surface area contributed by atoms with Crippen LogP contribution in [-0.4, -0.2) is 43.3 Å². The van der Waals surface area contributed by atoms with E-state index in [0.717, 1.165) is 6.07 Å². The van der Waals surface area contributed by atoms with Crippen LogP contribution in [0, 0.1) is 0 Å². The third-order valence-electron chi connectivity index (χ3n) is 2.59. The molecule has 1 aromatic heterocycles. The van der Waals surface area contributed by atoms with Crippen molar-refractivity contribution in [2.24, 2.45) is 0 Å². The minimum Gasteiger partial charge on any atom is -0.477 e. The van der Waals surface area contributed by atoms with Crippen LogP contribution in [0.3, 0.4) is 0 Å². The Morgan fingerprint density at radius 1 is 1.50 bits per heavy atom. The van der Waals surface area contributed by atoms with Crippen molar-refractivity contribution in [1.29, 1.82) is 0 Å². The normalized spacial score (nSPS) is 12.0. The third-order valence-corrected chi connectivity index (χ3v) is 4.01. The second-order valence-corrected chi connectivity index (χ2v) is 6.24. The van der Waals surface area contributed by atoms with Crippen LogP contribution in [0.25, 0.3) is 0 Å². The van der Waals surface area contributed by atoms with Crippen molar-refractivity contribution in [3.63, 3.8) is 0 Å². The molecule has 8 heteroatoms. The second-order valence-electron chi connectivity index (χ2n) is 4.47. The van der Waals surface area contributed by atoms with Crippen LogP contribution in [0.15, 0.2) is 17.2 Å². The molecule has 0 amide bonds. The van der Waals surface area contributed by atoms with Crippen molar-refractivity contribution >= 4 is 16.0 Å². The van der Waals surface area contributed by atoms with Gasteiger partial charge in [-0.3, -0.25) is 0 Å². The molecule has 0 bridgehead atoms. The Labute approximate surface area is 118 Å². The summed E-state index contributed by atoms with van der Waals surface area (Å²) in [6.45, 7) is 6.24. The van der Waals surface area contributed by atoms with E-state index in [2.05, 4.69) is 4.72 Å². The lowest BCUT2D eigenvalue weighted by Crippen LogP contribution is -2.28. The number of rotatable bonds is 8. The molecule has 0 atom stereocenters. The molecule has 0 unspecified atom stereocenters. The van der Waals surface area contributed by atoms with Crippen molar-refractivity contribution in [3.05, 3.63) is 18.0 Å². The predicted molar refractivity (Wildman–Crippen MR) is 73.3 cm³/mol. The maximum atomic E-state index is 12.0. The Bertz CT molecular complexity index is 562. The summed E-state index contributed by atoms with van der Waals surface area (Å²) in [5, 5.41) is 8.99. The average molecular weight is 304 g/mol. The van der Waals surface area contributed by atoms with Crippen molar-refractivity contribution in [2.75, 3.05) is 13.2 Å². The topological polar surface area (TPSA) is 97.6 Å². The molecule has 0 spiro atoms. The number of carboxylic acid groups (broad SMARTS) is 1. The Kier molecular flexibility index (Phi) is 5.73. The molecule has 1 aromatic rings. The van der Waals surface area contributed by atoms with Gasteiger partial charge in [-0.25, -0.2) is 17.9 Å². The molecule has 0 aromatic carbocycles. The first kappa shape index (κ1) is 16.7. The van der Waals surface area contributed by atoms with Crippen LogP contribution in [0.5, 0.6) is 0 Å². The van der Waals surface area contributed by atoms with E-state index in [4.69, 9.17) is 9.84 Å². The standard InChI is InChI=1S/C12H20N2O5S/c1-4-14-8-10(7-11(14)12(15)16)20(17,18)13-5-6-19-9(2)3/h7-9,13H,4-6H2,1-3H3,(H,15,16). The fourth-order valence-electron chi connectivity index (χ4n) is 1.63. The number of hydrogen-bond acceptors (Lipinski definition) is 4. The monoisotopic (exact) mass is 304 g/mol. The number of carbonyl (C=O) groups is 1. The van der Waals surface area contributed by atoms with Crippen LogP contribution in [0.1, 0.15) is 31.3 Å². The van der Waals surface area contributed by atoms with Crippen LogP contribution in [-0.2, 0) is 21.3 Å². The molecule has 0 fully saturated rings. The van der Waals surface area contributed by atoms with Gasteiger partial charge in [-0.1, -0.05) is 0 Å². The van der Waals surface area contributed by atoms with Crippen molar-refractivity contribution in [1.82, 2.24) is 9.29 Å². The smallest absolute Gasteiger partial charge is 0.352 e. The van der Waals surface area contributed by atoms with Crippen LogP contribution >= 0.6 is 0 Å². The second kappa shape index (κ2) is 6.87. The van der Waals surface area contributed by atoms with Gasteiger partial charge in [-0.05, 0) is 26.8 Å². The van der Waals surface area contributed by atoms with E-state index in [0.29, 0.717) is 6.54 Å². The summed E-state index contributed by atoms with van der Waals surface area (Å²) in [6.07, 6.45) is 1.34. The Morgan fingerprint density at radius 3 is 2.60 bits per heavy atom. The van der Waals surface area contributed by atoms with E-state index in [1.165, 1.54) is 10.8 Å². The van der Waals surface area contributed by atoms with Crippen LogP contribution in [0.4, 0.5) is 0 Å². The van der Waals surface area contributed by atoms with Crippen molar-refractivity contribution in [2.45, 2.75) is 38.3 Å². The highest BCUT2D eigenvalue weighted by Gasteiger charge is 2.20. The quantitative estimate of drug-likeness (QED) is 0.696. The number of aromatic nitrogens is 1. The number of nitrogens with zero attached hydrogens (tertiary/aromatic N) is 1. The minimum atomic E-state index is -3.72. The fourth-order valence-corrected chi connectivity index (χ4v) is 2.68. The maximum absolute atomic E-state index is 12.0. The first-order valence-corrected chi connectivity index (χ1v) is 7.81. The van der Waals surface area contributed by atoms with Gasteiger partial charge < -0.3 is 14.4 Å². The summed E-state index contributed by atoms with van der Waals surface area (Å²) in [5.74, 6) is -1.16. The summed E-state index contributed by atoms with van der Waals surface area (Å²) in [7, 11) is -3.72. The summed E-state index contributed by atoms with van der Waals surface area (Å²) in [5.41, 5.74) is -0.0497. The molecule has 0 aliphatic carbocycles. The lowest BCUT2D eigenvalue weighted by molar-refractivity contribution is 0.0685. The number of carboxylic acids is 1. The van der Waals surface area contributed by atoms with Gasteiger partial charge in [0.25, 0.3) is 0 Å².